The van der Waals surface area contributed by atoms with E-state index in [9.17, 15) is 9.90 Å². The summed E-state index contributed by atoms with van der Waals surface area (Å²) >= 11 is 0. The van der Waals surface area contributed by atoms with E-state index in [1.54, 1.807) is 0 Å². The number of aromatic amines is 1. The summed E-state index contributed by atoms with van der Waals surface area (Å²) in [7, 11) is 0. The minimum atomic E-state index is -0.355. The zero-order valence-electron chi connectivity index (χ0n) is 12.3. The van der Waals surface area contributed by atoms with Crippen molar-refractivity contribution >= 4 is 5.91 Å². The third-order valence-corrected chi connectivity index (χ3v) is 2.71. The molecule has 6 nitrogen and oxygen atoms in total. The molecule has 0 aliphatic carbocycles. The Kier molecular flexibility index (Phi) is 5.05. The van der Waals surface area contributed by atoms with Crippen LogP contribution in [0.25, 0.3) is 0 Å². The molecule has 6 heteroatoms. The molecule has 0 aliphatic rings. The van der Waals surface area contributed by atoms with E-state index in [0.29, 0.717) is 11.7 Å². The van der Waals surface area contributed by atoms with E-state index in [0.717, 1.165) is 6.42 Å². The molecule has 19 heavy (non-hydrogen) atoms. The van der Waals surface area contributed by atoms with E-state index >= 15 is 0 Å². The van der Waals surface area contributed by atoms with Gasteiger partial charge in [-0.1, -0.05) is 34.6 Å². The van der Waals surface area contributed by atoms with Gasteiger partial charge in [0.1, 0.15) is 5.82 Å². The molecular weight excluding hydrogens is 244 g/mol. The minimum absolute atomic E-state index is 0.0829. The van der Waals surface area contributed by atoms with Gasteiger partial charge in [-0.3, -0.25) is 9.89 Å². The molecule has 1 rings (SSSR count). The van der Waals surface area contributed by atoms with Gasteiger partial charge >= 0.3 is 0 Å². The van der Waals surface area contributed by atoms with Crippen LogP contribution in [0.4, 0.5) is 0 Å². The lowest BCUT2D eigenvalue weighted by atomic mass is 9.96. The average molecular weight is 268 g/mol. The Hall–Kier alpha value is -1.43. The molecule has 0 fully saturated rings. The van der Waals surface area contributed by atoms with Crippen LogP contribution in [0.15, 0.2) is 0 Å². The number of H-pyrrole nitrogens is 1. The number of aliphatic hydroxyl groups excluding tert-OH is 1. The summed E-state index contributed by atoms with van der Waals surface area (Å²) in [5.74, 6) is 0.829. The van der Waals surface area contributed by atoms with Gasteiger partial charge in [-0.2, -0.15) is 0 Å². The van der Waals surface area contributed by atoms with E-state index in [2.05, 4.69) is 20.5 Å². The fourth-order valence-corrected chi connectivity index (χ4v) is 1.70. The van der Waals surface area contributed by atoms with Crippen LogP contribution in [0.2, 0.25) is 0 Å². The second-order valence-corrected chi connectivity index (χ2v) is 6.24. The van der Waals surface area contributed by atoms with Crippen LogP contribution in [0, 0.1) is 5.92 Å². The predicted octanol–water partition coefficient (Wildman–Crippen LogP) is 1.24. The van der Waals surface area contributed by atoms with Gasteiger partial charge in [0.2, 0.25) is 5.82 Å². The number of hydrogen-bond acceptors (Lipinski definition) is 4. The Morgan fingerprint density at radius 1 is 1.42 bits per heavy atom. The number of carbonyl (C=O) groups is 1. The van der Waals surface area contributed by atoms with Crippen LogP contribution < -0.4 is 5.32 Å². The summed E-state index contributed by atoms with van der Waals surface area (Å²) in [5, 5.41) is 18.7. The molecule has 1 amide bonds. The largest absolute Gasteiger partial charge is 0.394 e. The molecule has 0 aliphatic heterocycles. The molecule has 0 radical (unpaired) electrons. The van der Waals surface area contributed by atoms with Crippen molar-refractivity contribution in [1.82, 2.24) is 20.5 Å². The van der Waals surface area contributed by atoms with Crippen molar-refractivity contribution in [2.24, 2.45) is 5.92 Å². The fraction of sp³-hybridized carbons (Fsp3) is 0.769. The SMILES string of the molecule is CC(C)CC(CO)NC(=O)c1n[nH]c(C(C)(C)C)n1. The van der Waals surface area contributed by atoms with Gasteiger partial charge in [-0.15, -0.1) is 5.10 Å². The molecule has 1 aromatic rings. The van der Waals surface area contributed by atoms with E-state index in [1.807, 2.05) is 34.6 Å². The summed E-state index contributed by atoms with van der Waals surface area (Å²) < 4.78 is 0. The van der Waals surface area contributed by atoms with Crippen LogP contribution in [-0.4, -0.2) is 38.8 Å². The lowest BCUT2D eigenvalue weighted by Crippen LogP contribution is -2.39. The van der Waals surface area contributed by atoms with Crippen molar-refractivity contribution in [1.29, 1.82) is 0 Å². The zero-order chi connectivity index (χ0) is 14.6. The topological polar surface area (TPSA) is 90.9 Å². The van der Waals surface area contributed by atoms with Gasteiger partial charge in [-0.25, -0.2) is 4.98 Å². The molecule has 0 aromatic carbocycles. The molecule has 1 unspecified atom stereocenters. The molecular formula is C13H24N4O2. The lowest BCUT2D eigenvalue weighted by Gasteiger charge is -2.17. The standard InChI is InChI=1S/C13H24N4O2/c1-8(2)6-9(7-18)14-11(19)10-15-12(17-16-10)13(3,4)5/h8-9,18H,6-7H2,1-5H3,(H,14,19)(H,15,16,17). The first kappa shape index (κ1) is 15.6. The maximum Gasteiger partial charge on any atom is 0.291 e. The van der Waals surface area contributed by atoms with Crippen LogP contribution in [0.1, 0.15) is 57.5 Å². The molecule has 0 saturated carbocycles. The van der Waals surface area contributed by atoms with Crippen molar-refractivity contribution in [3.05, 3.63) is 11.6 Å². The molecule has 3 N–H and O–H groups in total. The number of rotatable bonds is 5. The maximum atomic E-state index is 12.0. The quantitative estimate of drug-likeness (QED) is 0.749. The van der Waals surface area contributed by atoms with Crippen LogP contribution in [-0.2, 0) is 5.41 Å². The van der Waals surface area contributed by atoms with Crippen molar-refractivity contribution in [3.8, 4) is 0 Å². The smallest absolute Gasteiger partial charge is 0.291 e. The Balaban J connectivity index is 2.70. The van der Waals surface area contributed by atoms with Crippen LogP contribution in [0.5, 0.6) is 0 Å². The molecule has 108 valence electrons. The lowest BCUT2D eigenvalue weighted by molar-refractivity contribution is 0.0898. The fourth-order valence-electron chi connectivity index (χ4n) is 1.70. The summed E-state index contributed by atoms with van der Waals surface area (Å²) in [6.07, 6.45) is 0.721. The van der Waals surface area contributed by atoms with Crippen LogP contribution >= 0.6 is 0 Å². The number of aliphatic hydroxyl groups is 1. The monoisotopic (exact) mass is 268 g/mol. The third-order valence-electron chi connectivity index (χ3n) is 2.71. The summed E-state index contributed by atoms with van der Waals surface area (Å²) in [5.41, 5.74) is -0.181. The number of nitrogens with zero attached hydrogens (tertiary/aromatic N) is 2. The van der Waals surface area contributed by atoms with Gasteiger partial charge in [0, 0.05) is 5.41 Å². The minimum Gasteiger partial charge on any atom is -0.394 e. The molecule has 0 bridgehead atoms. The molecule has 0 spiro atoms. The summed E-state index contributed by atoms with van der Waals surface area (Å²) in [6.45, 7) is 9.97. The van der Waals surface area contributed by atoms with Gasteiger partial charge in [0.25, 0.3) is 5.91 Å². The second-order valence-electron chi connectivity index (χ2n) is 6.24. The second kappa shape index (κ2) is 6.14. The van der Waals surface area contributed by atoms with E-state index < -0.39 is 0 Å². The molecule has 1 heterocycles. The highest BCUT2D eigenvalue weighted by atomic mass is 16.3. The highest BCUT2D eigenvalue weighted by Crippen LogP contribution is 2.17. The Bertz CT molecular complexity index is 421. The zero-order valence-corrected chi connectivity index (χ0v) is 12.3. The van der Waals surface area contributed by atoms with Crippen molar-refractivity contribution < 1.29 is 9.90 Å². The van der Waals surface area contributed by atoms with Crippen molar-refractivity contribution in [3.63, 3.8) is 0 Å². The molecule has 1 aromatic heterocycles. The van der Waals surface area contributed by atoms with Gasteiger partial charge in [0.15, 0.2) is 0 Å². The van der Waals surface area contributed by atoms with E-state index in [-0.39, 0.29) is 29.8 Å². The summed E-state index contributed by atoms with van der Waals surface area (Å²) in [6, 6.07) is -0.260. The Morgan fingerprint density at radius 2 is 2.05 bits per heavy atom. The molecule has 0 saturated heterocycles. The number of amides is 1. The first-order chi connectivity index (χ1) is 8.74. The average Bonchev–Trinajstić information content (AvgIpc) is 2.76. The van der Waals surface area contributed by atoms with Gasteiger partial charge in [-0.05, 0) is 12.3 Å². The highest BCUT2D eigenvalue weighted by molar-refractivity contribution is 5.90. The van der Waals surface area contributed by atoms with Gasteiger partial charge in [0.05, 0.1) is 12.6 Å². The Morgan fingerprint density at radius 3 is 2.47 bits per heavy atom. The maximum absolute atomic E-state index is 12.0. The normalized spacial score (nSPS) is 13.6. The van der Waals surface area contributed by atoms with Gasteiger partial charge < -0.3 is 10.4 Å². The van der Waals surface area contributed by atoms with Crippen LogP contribution in [0.3, 0.4) is 0 Å². The van der Waals surface area contributed by atoms with E-state index in [1.165, 1.54) is 0 Å². The van der Waals surface area contributed by atoms with Crippen molar-refractivity contribution in [2.75, 3.05) is 6.61 Å². The number of aromatic nitrogens is 3. The van der Waals surface area contributed by atoms with Crippen molar-refractivity contribution in [2.45, 2.75) is 52.5 Å². The third kappa shape index (κ3) is 4.63. The highest BCUT2D eigenvalue weighted by Gasteiger charge is 2.22. The Labute approximate surface area is 114 Å². The molecule has 1 atom stereocenters. The predicted molar refractivity (Wildman–Crippen MR) is 72.9 cm³/mol. The number of hydrogen-bond donors (Lipinski definition) is 3. The van der Waals surface area contributed by atoms with E-state index in [4.69, 9.17) is 0 Å². The first-order valence-electron chi connectivity index (χ1n) is 6.58. The number of nitrogens with one attached hydrogen (secondary N) is 2. The number of carbonyl (C=O) groups excluding carboxylic acids is 1. The first-order valence-corrected chi connectivity index (χ1v) is 6.58. The summed E-state index contributed by atoms with van der Waals surface area (Å²) in [4.78, 5) is 16.2.